The number of nitrogens with one attached hydrogen (secondary N) is 1. The summed E-state index contributed by atoms with van der Waals surface area (Å²) in [6.07, 6.45) is 3.76. The van der Waals surface area contributed by atoms with Crippen LogP contribution >= 0.6 is 0 Å². The molecule has 1 N–H and O–H groups in total. The second kappa shape index (κ2) is 9.15. The molecule has 140 valence electrons. The van der Waals surface area contributed by atoms with Crippen molar-refractivity contribution in [3.8, 4) is 0 Å². The van der Waals surface area contributed by atoms with Crippen LogP contribution in [0.25, 0.3) is 10.8 Å². The molecule has 0 amide bonds. The molecule has 4 nitrogen and oxygen atoms in total. The van der Waals surface area contributed by atoms with E-state index in [1.54, 1.807) is 0 Å². The van der Waals surface area contributed by atoms with Gasteiger partial charge in [0.15, 0.2) is 0 Å². The predicted molar refractivity (Wildman–Crippen MR) is 103 cm³/mol. The summed E-state index contributed by atoms with van der Waals surface area (Å²) >= 11 is 0. The average Bonchev–Trinajstić information content (AvgIpc) is 3.14. The van der Waals surface area contributed by atoms with E-state index < -0.39 is 0 Å². The predicted octanol–water partition coefficient (Wildman–Crippen LogP) is 2.26. The Morgan fingerprint density at radius 1 is 1.23 bits per heavy atom. The van der Waals surface area contributed by atoms with E-state index >= 15 is 0 Å². The van der Waals surface area contributed by atoms with Crippen molar-refractivity contribution in [3.05, 3.63) is 48.0 Å². The van der Waals surface area contributed by atoms with Gasteiger partial charge >= 0.3 is 5.97 Å². The van der Waals surface area contributed by atoms with E-state index in [1.807, 2.05) is 6.07 Å². The quantitative estimate of drug-likeness (QED) is 0.738. The lowest BCUT2D eigenvalue weighted by Gasteiger charge is -2.20. The van der Waals surface area contributed by atoms with E-state index in [9.17, 15) is 4.79 Å². The Balaban J connectivity index is 1.74. The van der Waals surface area contributed by atoms with Gasteiger partial charge in [-0.15, -0.1) is 0 Å². The number of ether oxygens (including phenoxy) is 2. The fourth-order valence-corrected chi connectivity index (χ4v) is 3.62. The van der Waals surface area contributed by atoms with E-state index in [2.05, 4.69) is 50.5 Å². The van der Waals surface area contributed by atoms with Crippen LogP contribution in [0.1, 0.15) is 24.8 Å². The van der Waals surface area contributed by atoms with Crippen LogP contribution in [0, 0.1) is 5.92 Å². The summed E-state index contributed by atoms with van der Waals surface area (Å²) in [5.41, 5.74) is 1.21. The Morgan fingerprint density at radius 3 is 2.81 bits per heavy atom. The van der Waals surface area contributed by atoms with Crippen molar-refractivity contribution in [1.82, 2.24) is 0 Å². The minimum atomic E-state index is -0.152. The Hall–Kier alpha value is -1.91. The first kappa shape index (κ1) is 18.9. The zero-order chi connectivity index (χ0) is 18.4. The van der Waals surface area contributed by atoms with Crippen molar-refractivity contribution in [2.45, 2.75) is 31.8 Å². The van der Waals surface area contributed by atoms with Crippen LogP contribution in [0.15, 0.2) is 42.5 Å². The lowest BCUT2D eigenvalue weighted by molar-refractivity contribution is -0.858. The van der Waals surface area contributed by atoms with Gasteiger partial charge in [0.2, 0.25) is 0 Å². The minimum absolute atomic E-state index is 0.0883. The zero-order valence-corrected chi connectivity index (χ0v) is 15.9. The molecule has 2 aromatic rings. The van der Waals surface area contributed by atoms with E-state index in [0.717, 1.165) is 32.4 Å². The Morgan fingerprint density at radius 2 is 2.04 bits per heavy atom. The molecule has 2 unspecified atom stereocenters. The Bertz CT molecular complexity index is 717. The number of likely N-dealkylation sites (N-methyl/N-ethyl adjacent to an activating group) is 1. The fourth-order valence-electron chi connectivity index (χ4n) is 3.62. The summed E-state index contributed by atoms with van der Waals surface area (Å²) in [4.78, 5) is 14.0. The molecule has 1 heterocycles. The number of hydrogen-bond acceptors (Lipinski definition) is 3. The van der Waals surface area contributed by atoms with Gasteiger partial charge in [0.25, 0.3) is 0 Å². The standard InChI is InChI=1S/C22H29NO3/c1-23(2)12-14-26-22(24)19(16-20-10-6-13-25-20)15-18-9-5-8-17-7-3-4-11-21(17)18/h3-5,7-9,11,19-20H,6,10,12-16H2,1-2H3/p+1. The molecule has 0 aliphatic carbocycles. The highest BCUT2D eigenvalue weighted by atomic mass is 16.5. The van der Waals surface area contributed by atoms with Crippen molar-refractivity contribution in [2.75, 3.05) is 33.9 Å². The maximum absolute atomic E-state index is 12.8. The molecule has 1 aliphatic heterocycles. The highest BCUT2D eigenvalue weighted by molar-refractivity contribution is 5.86. The van der Waals surface area contributed by atoms with Gasteiger partial charge in [0.1, 0.15) is 13.2 Å². The normalized spacial score (nSPS) is 18.3. The van der Waals surface area contributed by atoms with E-state index in [0.29, 0.717) is 13.0 Å². The molecule has 26 heavy (non-hydrogen) atoms. The highest BCUT2D eigenvalue weighted by Crippen LogP contribution is 2.27. The van der Waals surface area contributed by atoms with Crippen molar-refractivity contribution < 1.29 is 19.2 Å². The molecule has 1 saturated heterocycles. The maximum Gasteiger partial charge on any atom is 0.309 e. The lowest BCUT2D eigenvalue weighted by atomic mass is 9.90. The SMILES string of the molecule is C[NH+](C)CCOC(=O)C(Cc1cccc2ccccc12)CC1CCCO1. The zero-order valence-electron chi connectivity index (χ0n) is 15.9. The first-order valence-electron chi connectivity index (χ1n) is 9.67. The van der Waals surface area contributed by atoms with Crippen LogP contribution < -0.4 is 4.90 Å². The summed E-state index contributed by atoms with van der Waals surface area (Å²) in [5, 5.41) is 2.43. The smallest absolute Gasteiger partial charge is 0.309 e. The molecule has 2 aromatic carbocycles. The van der Waals surface area contributed by atoms with E-state index in [1.165, 1.54) is 21.2 Å². The van der Waals surface area contributed by atoms with Gasteiger partial charge in [-0.3, -0.25) is 4.79 Å². The summed E-state index contributed by atoms with van der Waals surface area (Å²) in [5.74, 6) is -0.240. The van der Waals surface area contributed by atoms with E-state index in [4.69, 9.17) is 9.47 Å². The third-order valence-electron chi connectivity index (χ3n) is 5.10. The average molecular weight is 356 g/mol. The molecule has 0 saturated carbocycles. The number of rotatable bonds is 8. The molecule has 0 aromatic heterocycles. The van der Waals surface area contributed by atoms with Crippen molar-refractivity contribution in [1.29, 1.82) is 0 Å². The molecule has 0 bridgehead atoms. The largest absolute Gasteiger partial charge is 0.459 e. The molecular formula is C22H30NO3+. The first-order chi connectivity index (χ1) is 12.6. The number of benzene rings is 2. The van der Waals surface area contributed by atoms with Gasteiger partial charge in [0, 0.05) is 6.61 Å². The highest BCUT2D eigenvalue weighted by Gasteiger charge is 2.27. The second-order valence-corrected chi connectivity index (χ2v) is 7.53. The summed E-state index contributed by atoms with van der Waals surface area (Å²) in [7, 11) is 4.13. The molecular weight excluding hydrogens is 326 g/mol. The molecule has 0 radical (unpaired) electrons. The summed E-state index contributed by atoms with van der Waals surface area (Å²) in [6, 6.07) is 14.7. The third-order valence-corrected chi connectivity index (χ3v) is 5.10. The minimum Gasteiger partial charge on any atom is -0.459 e. The van der Waals surface area contributed by atoms with Gasteiger partial charge < -0.3 is 14.4 Å². The van der Waals surface area contributed by atoms with Crippen LogP contribution in [0.2, 0.25) is 0 Å². The van der Waals surface area contributed by atoms with Crippen LogP contribution in [0.5, 0.6) is 0 Å². The monoisotopic (exact) mass is 356 g/mol. The van der Waals surface area contributed by atoms with Crippen LogP contribution in [-0.4, -0.2) is 45.9 Å². The van der Waals surface area contributed by atoms with Gasteiger partial charge in [-0.05, 0) is 42.0 Å². The molecule has 2 atom stereocenters. The van der Waals surface area contributed by atoms with Crippen molar-refractivity contribution in [2.24, 2.45) is 5.92 Å². The molecule has 0 spiro atoms. The molecule has 3 rings (SSSR count). The Kier molecular flexibility index (Phi) is 6.64. The third kappa shape index (κ3) is 5.05. The number of quaternary nitrogens is 1. The van der Waals surface area contributed by atoms with Crippen molar-refractivity contribution >= 4 is 16.7 Å². The molecule has 1 aliphatic rings. The molecule has 1 fully saturated rings. The van der Waals surface area contributed by atoms with Gasteiger partial charge in [-0.25, -0.2) is 0 Å². The number of carbonyl (C=O) groups is 1. The maximum atomic E-state index is 12.8. The van der Waals surface area contributed by atoms with E-state index in [-0.39, 0.29) is 18.0 Å². The topological polar surface area (TPSA) is 40.0 Å². The number of esters is 1. The fraction of sp³-hybridized carbons (Fsp3) is 0.500. The van der Waals surface area contributed by atoms with Crippen LogP contribution in [-0.2, 0) is 20.7 Å². The van der Waals surface area contributed by atoms with Crippen LogP contribution in [0.4, 0.5) is 0 Å². The van der Waals surface area contributed by atoms with Gasteiger partial charge in [-0.2, -0.15) is 0 Å². The second-order valence-electron chi connectivity index (χ2n) is 7.53. The number of fused-ring (bicyclic) bond motifs is 1. The summed E-state index contributed by atoms with van der Waals surface area (Å²) < 4.78 is 11.4. The molecule has 4 heteroatoms. The van der Waals surface area contributed by atoms with Gasteiger partial charge in [-0.1, -0.05) is 42.5 Å². The van der Waals surface area contributed by atoms with Gasteiger partial charge in [0.05, 0.1) is 26.1 Å². The number of carbonyl (C=O) groups excluding carboxylic acids is 1. The van der Waals surface area contributed by atoms with Crippen LogP contribution in [0.3, 0.4) is 0 Å². The Labute approximate surface area is 156 Å². The number of hydrogen-bond donors (Lipinski definition) is 1. The first-order valence-corrected chi connectivity index (χ1v) is 9.67. The summed E-state index contributed by atoms with van der Waals surface area (Å²) in [6.45, 7) is 2.11. The lowest BCUT2D eigenvalue weighted by Crippen LogP contribution is -3.06. The van der Waals surface area contributed by atoms with Crippen molar-refractivity contribution in [3.63, 3.8) is 0 Å².